The van der Waals surface area contributed by atoms with Gasteiger partial charge in [-0.1, -0.05) is 19.4 Å². The third-order valence-corrected chi connectivity index (χ3v) is 2.44. The van der Waals surface area contributed by atoms with E-state index in [1.54, 1.807) is 12.3 Å². The van der Waals surface area contributed by atoms with Crippen LogP contribution in [0.4, 0.5) is 0 Å². The van der Waals surface area contributed by atoms with Crippen molar-refractivity contribution in [3.8, 4) is 5.75 Å². The molecule has 16 heavy (non-hydrogen) atoms. The number of hydrogen-bond acceptors (Lipinski definition) is 4. The number of hydrogen-bond donors (Lipinski definition) is 1. The molecule has 1 aliphatic heterocycles. The van der Waals surface area contributed by atoms with Crippen LogP contribution in [0.1, 0.15) is 25.3 Å². The fourth-order valence-corrected chi connectivity index (χ4v) is 1.52. The van der Waals surface area contributed by atoms with E-state index in [1.807, 2.05) is 12.1 Å². The molecular formula is C11H14BNO3. The van der Waals surface area contributed by atoms with Crippen LogP contribution < -0.4 is 10.2 Å². The number of fused-ring (bicyclic) bond motifs is 1. The summed E-state index contributed by atoms with van der Waals surface area (Å²) in [5.41, 5.74) is 1.56. The quantitative estimate of drug-likeness (QED) is 0.605. The average Bonchev–Trinajstić information content (AvgIpc) is 2.30. The van der Waals surface area contributed by atoms with Gasteiger partial charge in [-0.15, -0.1) is 5.16 Å². The van der Waals surface area contributed by atoms with Crippen LogP contribution in [0, 0.1) is 0 Å². The molecule has 0 radical (unpaired) electrons. The molecule has 0 aliphatic carbocycles. The maximum Gasteiger partial charge on any atom is 0.583 e. The molecule has 1 N–H and O–H groups in total. The first-order chi connectivity index (χ1) is 7.81. The number of rotatable bonds is 4. The standard InChI is InChI=1S/C11H14BNO3/c1-2-3-6-15-10-4-5-11-9(7-10)8-13-16-12(11)14/h4-5,7-8,14H,2-3,6H2,1H3. The minimum Gasteiger partial charge on any atom is -0.494 e. The number of oxime groups is 1. The summed E-state index contributed by atoms with van der Waals surface area (Å²) in [5, 5.41) is 13.1. The van der Waals surface area contributed by atoms with Gasteiger partial charge in [0, 0.05) is 11.0 Å². The highest BCUT2D eigenvalue weighted by Crippen LogP contribution is 2.13. The van der Waals surface area contributed by atoms with Gasteiger partial charge in [-0.05, 0) is 18.6 Å². The zero-order valence-electron chi connectivity index (χ0n) is 9.22. The van der Waals surface area contributed by atoms with Gasteiger partial charge in [0.2, 0.25) is 0 Å². The van der Waals surface area contributed by atoms with Crippen molar-refractivity contribution in [2.75, 3.05) is 6.61 Å². The molecule has 0 saturated heterocycles. The molecule has 0 spiro atoms. The van der Waals surface area contributed by atoms with Crippen molar-refractivity contribution in [1.82, 2.24) is 0 Å². The second-order valence-electron chi connectivity index (χ2n) is 3.69. The summed E-state index contributed by atoms with van der Waals surface area (Å²) in [5.74, 6) is 0.799. The summed E-state index contributed by atoms with van der Waals surface area (Å²) in [6, 6.07) is 5.49. The Morgan fingerprint density at radius 3 is 3.19 bits per heavy atom. The Bertz CT molecular complexity index is 395. The molecule has 84 valence electrons. The second-order valence-corrected chi connectivity index (χ2v) is 3.69. The van der Waals surface area contributed by atoms with E-state index in [4.69, 9.17) is 9.49 Å². The smallest absolute Gasteiger partial charge is 0.494 e. The molecule has 2 rings (SSSR count). The molecule has 1 aromatic carbocycles. The summed E-state index contributed by atoms with van der Waals surface area (Å²) in [7, 11) is -0.968. The van der Waals surface area contributed by atoms with Crippen LogP contribution in [-0.4, -0.2) is 25.0 Å². The lowest BCUT2D eigenvalue weighted by atomic mass is 9.76. The largest absolute Gasteiger partial charge is 0.583 e. The van der Waals surface area contributed by atoms with Crippen molar-refractivity contribution in [3.63, 3.8) is 0 Å². The Morgan fingerprint density at radius 1 is 1.50 bits per heavy atom. The van der Waals surface area contributed by atoms with Gasteiger partial charge < -0.3 is 14.5 Å². The first kappa shape index (κ1) is 11.0. The summed E-state index contributed by atoms with van der Waals surface area (Å²) in [6.07, 6.45) is 3.73. The summed E-state index contributed by atoms with van der Waals surface area (Å²) >= 11 is 0. The molecule has 5 heteroatoms. The van der Waals surface area contributed by atoms with Crippen molar-refractivity contribution >= 4 is 18.8 Å². The zero-order chi connectivity index (χ0) is 11.4. The van der Waals surface area contributed by atoms with E-state index in [0.717, 1.165) is 29.6 Å². The number of benzene rings is 1. The Labute approximate surface area is 95.0 Å². The molecule has 0 aromatic heterocycles. The molecule has 0 fully saturated rings. The fourth-order valence-electron chi connectivity index (χ4n) is 1.52. The first-order valence-electron chi connectivity index (χ1n) is 5.45. The maximum atomic E-state index is 9.49. The van der Waals surface area contributed by atoms with E-state index >= 15 is 0 Å². The van der Waals surface area contributed by atoms with Crippen molar-refractivity contribution < 1.29 is 14.5 Å². The lowest BCUT2D eigenvalue weighted by Crippen LogP contribution is -2.37. The molecule has 0 bridgehead atoms. The molecule has 0 amide bonds. The summed E-state index contributed by atoms with van der Waals surface area (Å²) in [4.78, 5) is 0. The summed E-state index contributed by atoms with van der Waals surface area (Å²) < 4.78 is 10.3. The molecular weight excluding hydrogens is 205 g/mol. The molecule has 0 unspecified atom stereocenters. The van der Waals surface area contributed by atoms with Gasteiger partial charge in [0.15, 0.2) is 0 Å². The highest BCUT2D eigenvalue weighted by atomic mass is 16.6. The van der Waals surface area contributed by atoms with Crippen LogP contribution in [-0.2, 0) is 4.76 Å². The van der Waals surface area contributed by atoms with E-state index in [-0.39, 0.29) is 0 Å². The van der Waals surface area contributed by atoms with E-state index < -0.39 is 7.12 Å². The third-order valence-electron chi connectivity index (χ3n) is 2.44. The highest BCUT2D eigenvalue weighted by Gasteiger charge is 2.24. The van der Waals surface area contributed by atoms with Crippen LogP contribution in [0.2, 0.25) is 0 Å². The van der Waals surface area contributed by atoms with Crippen molar-refractivity contribution in [1.29, 1.82) is 0 Å². The molecule has 0 atom stereocenters. The fraction of sp³-hybridized carbons (Fsp3) is 0.364. The molecule has 1 heterocycles. The van der Waals surface area contributed by atoms with E-state index in [0.29, 0.717) is 6.61 Å². The third kappa shape index (κ3) is 2.36. The minimum atomic E-state index is -0.968. The molecule has 4 nitrogen and oxygen atoms in total. The van der Waals surface area contributed by atoms with Crippen molar-refractivity contribution in [2.24, 2.45) is 5.16 Å². The van der Waals surface area contributed by atoms with Gasteiger partial charge in [-0.25, -0.2) is 0 Å². The van der Waals surface area contributed by atoms with E-state index in [9.17, 15) is 5.02 Å². The normalized spacial score (nSPS) is 13.2. The Morgan fingerprint density at radius 2 is 2.38 bits per heavy atom. The lowest BCUT2D eigenvalue weighted by molar-refractivity contribution is 0.286. The van der Waals surface area contributed by atoms with Crippen LogP contribution in [0.25, 0.3) is 0 Å². The van der Waals surface area contributed by atoms with E-state index in [2.05, 4.69) is 12.1 Å². The average molecular weight is 219 g/mol. The SMILES string of the molecule is CCCCOc1ccc2c(c1)C=NOB2O. The van der Waals surface area contributed by atoms with Gasteiger partial charge in [0.25, 0.3) is 0 Å². The van der Waals surface area contributed by atoms with Crippen LogP contribution in [0.3, 0.4) is 0 Å². The van der Waals surface area contributed by atoms with Gasteiger partial charge >= 0.3 is 7.12 Å². The number of ether oxygens (including phenoxy) is 1. The minimum absolute atomic E-state index is 0.714. The molecule has 0 saturated carbocycles. The Balaban J connectivity index is 2.10. The van der Waals surface area contributed by atoms with Crippen LogP contribution in [0.5, 0.6) is 5.75 Å². The Hall–Kier alpha value is -1.49. The zero-order valence-corrected chi connectivity index (χ0v) is 9.22. The predicted octanol–water partition coefficient (Wildman–Crippen LogP) is 0.917. The number of unbranched alkanes of at least 4 members (excludes halogenated alkanes) is 1. The second kappa shape index (κ2) is 5.03. The van der Waals surface area contributed by atoms with Crippen molar-refractivity contribution in [3.05, 3.63) is 23.8 Å². The van der Waals surface area contributed by atoms with Crippen molar-refractivity contribution in [2.45, 2.75) is 19.8 Å². The molecule has 1 aromatic rings. The highest BCUT2D eigenvalue weighted by molar-refractivity contribution is 6.62. The van der Waals surface area contributed by atoms with Gasteiger partial charge in [-0.3, -0.25) is 0 Å². The number of nitrogens with zero attached hydrogens (tertiary/aromatic N) is 1. The summed E-state index contributed by atoms with van der Waals surface area (Å²) in [6.45, 7) is 2.84. The van der Waals surface area contributed by atoms with Gasteiger partial charge in [0.05, 0.1) is 12.8 Å². The van der Waals surface area contributed by atoms with E-state index in [1.165, 1.54) is 0 Å². The van der Waals surface area contributed by atoms with Crippen LogP contribution in [0.15, 0.2) is 23.4 Å². The first-order valence-corrected chi connectivity index (χ1v) is 5.45. The van der Waals surface area contributed by atoms with Gasteiger partial charge in [0.1, 0.15) is 5.75 Å². The lowest BCUT2D eigenvalue weighted by Gasteiger charge is -2.14. The monoisotopic (exact) mass is 219 g/mol. The predicted molar refractivity (Wildman–Crippen MR) is 63.1 cm³/mol. The van der Waals surface area contributed by atoms with Gasteiger partial charge in [-0.2, -0.15) is 0 Å². The topological polar surface area (TPSA) is 51.0 Å². The maximum absolute atomic E-state index is 9.49. The Kier molecular flexibility index (Phi) is 3.46. The van der Waals surface area contributed by atoms with Crippen LogP contribution >= 0.6 is 0 Å². The molecule has 1 aliphatic rings.